The van der Waals surface area contributed by atoms with Crippen molar-refractivity contribution in [1.82, 2.24) is 30.2 Å². The summed E-state index contributed by atoms with van der Waals surface area (Å²) in [6, 6.07) is 14.8. The average Bonchev–Trinajstić information content (AvgIpc) is 3.51. The number of aryl methyl sites for hydroxylation is 1. The van der Waals surface area contributed by atoms with Gasteiger partial charge in [-0.1, -0.05) is 73.4 Å². The number of benzene rings is 2. The number of aromatic nitrogens is 6. The van der Waals surface area contributed by atoms with Gasteiger partial charge in [0, 0.05) is 29.5 Å². The number of rotatable bonds is 8. The van der Waals surface area contributed by atoms with E-state index in [0.717, 1.165) is 16.7 Å². The van der Waals surface area contributed by atoms with Crippen molar-refractivity contribution in [3.63, 3.8) is 0 Å². The van der Waals surface area contributed by atoms with Crippen molar-refractivity contribution in [3.8, 4) is 22.5 Å². The zero-order valence-corrected chi connectivity index (χ0v) is 16.4. The number of tetrazole rings is 1. The quantitative estimate of drug-likeness (QED) is 0.435. The lowest BCUT2D eigenvalue weighted by atomic mass is 9.98. The van der Waals surface area contributed by atoms with Gasteiger partial charge in [-0.05, 0) is 28.3 Å². The number of nitrogens with one attached hydrogen (secondary N) is 1. The molecule has 154 valence electrons. The van der Waals surface area contributed by atoms with Crippen LogP contribution in [0.2, 0.25) is 5.15 Å². The molecule has 1 unspecified atom stereocenters. The first-order valence-corrected chi connectivity index (χ1v) is 9.37. The molecule has 0 fully saturated rings. The molecule has 30 heavy (non-hydrogen) atoms. The smallest absolute Gasteiger partial charge is 0.205 e. The van der Waals surface area contributed by atoms with Crippen LogP contribution in [0.25, 0.3) is 22.5 Å². The van der Waals surface area contributed by atoms with Gasteiger partial charge in [-0.3, -0.25) is 0 Å². The molecule has 2 aromatic carbocycles. The second-order valence-electron chi connectivity index (χ2n) is 6.34. The van der Waals surface area contributed by atoms with E-state index in [1.165, 1.54) is 4.57 Å². The lowest BCUT2D eigenvalue weighted by Crippen LogP contribution is -2.09. The van der Waals surface area contributed by atoms with Crippen molar-refractivity contribution in [2.24, 2.45) is 0 Å². The molecule has 0 bridgehead atoms. The molecular weight excluding hydrogens is 400 g/mol. The molecule has 4 rings (SSSR count). The van der Waals surface area contributed by atoms with Gasteiger partial charge in [0.2, 0.25) is 5.82 Å². The fraction of sp³-hybridized carbons (Fsp3) is 0.273. The number of H-pyrrole nitrogens is 1. The molecule has 0 aliphatic heterocycles. The van der Waals surface area contributed by atoms with Gasteiger partial charge < -0.3 is 9.67 Å². The third kappa shape index (κ3) is 4.13. The van der Waals surface area contributed by atoms with Crippen LogP contribution in [0.5, 0.6) is 0 Å². The monoisotopic (exact) mass is 430 g/mol. The first kappa shape index (κ1) is 12.6. The number of aliphatic hydroxyl groups excluding tert-OH is 1. The van der Waals surface area contributed by atoms with Gasteiger partial charge in [-0.15, -0.1) is 10.2 Å². The standard InChI is InChI=1S/C22H23ClN6O/c1-2-3-8-20-24-21(23)19(14-30)29(20)13-15-9-11-16(12-10-15)17-6-4-5-7-18(17)22-25-27-28-26-22/h4-7,9-12,30H,2-3,8,13-14H2,1H3,(H,25,26,27,28)/i1D3,2D2,3D2,8D. The summed E-state index contributed by atoms with van der Waals surface area (Å²) in [7, 11) is 0. The van der Waals surface area contributed by atoms with Crippen LogP contribution >= 0.6 is 11.6 Å². The molecule has 2 N–H and O–H groups in total. The highest BCUT2D eigenvalue weighted by molar-refractivity contribution is 6.30. The SMILES string of the molecule is [2H]C(c1nc(Cl)c(CO)n1Cc1ccc(-c2ccccc2-c2nn[nH]n2)cc1)C([2H])([2H])C([2H])([2H])C([2H])([2H])[2H]. The predicted octanol–water partition coefficient (Wildman–Crippen LogP) is 4.27. The van der Waals surface area contributed by atoms with Crippen LogP contribution in [0, 0.1) is 0 Å². The minimum absolute atomic E-state index is 0.0138. The van der Waals surface area contributed by atoms with E-state index in [0.29, 0.717) is 11.4 Å². The Morgan fingerprint density at radius 2 is 1.97 bits per heavy atom. The third-order valence-corrected chi connectivity index (χ3v) is 4.90. The van der Waals surface area contributed by atoms with Crippen LogP contribution in [0.1, 0.15) is 47.6 Å². The Bertz CT molecular complexity index is 1410. The highest BCUT2D eigenvalue weighted by Crippen LogP contribution is 2.30. The van der Waals surface area contributed by atoms with Crippen molar-refractivity contribution >= 4 is 11.6 Å². The van der Waals surface area contributed by atoms with Gasteiger partial charge in [-0.25, -0.2) is 4.98 Å². The Labute approximate surface area is 191 Å². The molecule has 0 spiro atoms. The fourth-order valence-electron chi connectivity index (χ4n) is 3.19. The van der Waals surface area contributed by atoms with Gasteiger partial charge in [0.25, 0.3) is 0 Å². The third-order valence-electron chi connectivity index (χ3n) is 4.60. The zero-order chi connectivity index (χ0) is 27.9. The summed E-state index contributed by atoms with van der Waals surface area (Å²) in [4.78, 5) is 4.01. The minimum atomic E-state index is -3.36. The number of imidazole rings is 1. The molecular formula is C22H23ClN6O. The highest BCUT2D eigenvalue weighted by atomic mass is 35.5. The Morgan fingerprint density at radius 3 is 2.67 bits per heavy atom. The number of aliphatic hydroxyl groups is 1. The number of halogens is 1. The highest BCUT2D eigenvalue weighted by Gasteiger charge is 2.16. The van der Waals surface area contributed by atoms with E-state index >= 15 is 0 Å². The summed E-state index contributed by atoms with van der Waals surface area (Å²) in [5.41, 5.74) is 3.25. The van der Waals surface area contributed by atoms with E-state index in [9.17, 15) is 5.11 Å². The van der Waals surface area contributed by atoms with E-state index in [-0.39, 0.29) is 23.2 Å². The molecule has 2 heterocycles. The maximum absolute atomic E-state index is 9.89. The molecule has 1 atom stereocenters. The van der Waals surface area contributed by atoms with E-state index in [1.807, 2.05) is 36.4 Å². The maximum atomic E-state index is 9.89. The van der Waals surface area contributed by atoms with Crippen molar-refractivity contribution < 1.29 is 16.1 Å². The number of nitrogens with zero attached hydrogens (tertiary/aromatic N) is 5. The Hall–Kier alpha value is -3.03. The van der Waals surface area contributed by atoms with Crippen molar-refractivity contribution in [1.29, 1.82) is 0 Å². The number of aromatic amines is 1. The van der Waals surface area contributed by atoms with E-state index in [1.54, 1.807) is 12.1 Å². The normalized spacial score (nSPS) is 17.5. The summed E-state index contributed by atoms with van der Waals surface area (Å²) >= 11 is 6.16. The van der Waals surface area contributed by atoms with Gasteiger partial charge >= 0.3 is 0 Å². The molecule has 8 heteroatoms. The van der Waals surface area contributed by atoms with Crippen LogP contribution in [-0.4, -0.2) is 35.3 Å². The summed E-state index contributed by atoms with van der Waals surface area (Å²) in [5, 5.41) is 23.8. The second-order valence-corrected chi connectivity index (χ2v) is 6.70. The number of hydrogen-bond donors (Lipinski definition) is 2. The van der Waals surface area contributed by atoms with Gasteiger partial charge in [0.15, 0.2) is 5.15 Å². The summed E-state index contributed by atoms with van der Waals surface area (Å²) < 4.78 is 64.4. The fourth-order valence-corrected chi connectivity index (χ4v) is 3.44. The number of hydrogen-bond acceptors (Lipinski definition) is 5. The molecule has 0 saturated carbocycles. The molecule has 0 radical (unpaired) electrons. The Morgan fingerprint density at radius 1 is 1.17 bits per heavy atom. The molecule has 2 aromatic heterocycles. The second kappa shape index (κ2) is 9.19. The van der Waals surface area contributed by atoms with Crippen molar-refractivity contribution in [2.75, 3.05) is 0 Å². The zero-order valence-electron chi connectivity index (χ0n) is 23.7. The summed E-state index contributed by atoms with van der Waals surface area (Å²) in [6.45, 7) is -3.89. The summed E-state index contributed by atoms with van der Waals surface area (Å²) in [6.07, 6.45) is -8.58. The lowest BCUT2D eigenvalue weighted by Gasteiger charge is -2.12. The van der Waals surface area contributed by atoms with Crippen molar-refractivity contribution in [3.05, 3.63) is 70.8 Å². The van der Waals surface area contributed by atoms with Crippen LogP contribution in [0.4, 0.5) is 0 Å². The maximum Gasteiger partial charge on any atom is 0.205 e. The average molecular weight is 431 g/mol. The van der Waals surface area contributed by atoms with Gasteiger partial charge in [0.1, 0.15) is 5.82 Å². The first-order chi connectivity index (χ1) is 17.8. The topological polar surface area (TPSA) is 92.5 Å². The Kier molecular flexibility index (Phi) is 3.87. The van der Waals surface area contributed by atoms with Crippen LogP contribution in [0.3, 0.4) is 0 Å². The van der Waals surface area contributed by atoms with Crippen molar-refractivity contribution in [2.45, 2.75) is 39.1 Å². The molecule has 4 aromatic rings. The van der Waals surface area contributed by atoms with E-state index < -0.39 is 32.6 Å². The van der Waals surface area contributed by atoms with Gasteiger partial charge in [0.05, 0.1) is 12.3 Å². The van der Waals surface area contributed by atoms with Crippen LogP contribution in [-0.2, 0) is 19.5 Å². The van der Waals surface area contributed by atoms with E-state index in [4.69, 9.17) is 22.6 Å². The van der Waals surface area contributed by atoms with E-state index in [2.05, 4.69) is 25.6 Å². The molecule has 0 amide bonds. The molecule has 0 aliphatic rings. The van der Waals surface area contributed by atoms with Crippen LogP contribution < -0.4 is 0 Å². The summed E-state index contributed by atoms with van der Waals surface area (Å²) in [5.74, 6) is 0.131. The largest absolute Gasteiger partial charge is 0.390 e. The Balaban J connectivity index is 1.69. The molecule has 7 nitrogen and oxygen atoms in total. The van der Waals surface area contributed by atoms with Crippen LogP contribution in [0.15, 0.2) is 48.5 Å². The van der Waals surface area contributed by atoms with Gasteiger partial charge in [-0.2, -0.15) is 5.21 Å². The first-order valence-electron chi connectivity index (χ1n) is 13.1. The molecule has 0 aliphatic carbocycles. The molecule has 0 saturated heterocycles. The predicted molar refractivity (Wildman–Crippen MR) is 116 cm³/mol. The lowest BCUT2D eigenvalue weighted by molar-refractivity contribution is 0.271. The minimum Gasteiger partial charge on any atom is -0.390 e.